The van der Waals surface area contributed by atoms with Gasteiger partial charge in [0.1, 0.15) is 5.82 Å². The van der Waals surface area contributed by atoms with Gasteiger partial charge in [-0.15, -0.1) is 0 Å². The highest BCUT2D eigenvalue weighted by Gasteiger charge is 2.22. The van der Waals surface area contributed by atoms with Gasteiger partial charge in [0.2, 0.25) is 15.0 Å². The van der Waals surface area contributed by atoms with Gasteiger partial charge in [0, 0.05) is 33.0 Å². The van der Waals surface area contributed by atoms with Gasteiger partial charge in [-0.05, 0) is 24.6 Å². The minimum Gasteiger partial charge on any atom is -0.328 e. The zero-order valence-electron chi connectivity index (χ0n) is 16.8. The predicted octanol–water partition coefficient (Wildman–Crippen LogP) is 0.622. The van der Waals surface area contributed by atoms with E-state index in [1.807, 2.05) is 0 Å². The first-order chi connectivity index (χ1) is 14.7. The van der Waals surface area contributed by atoms with Gasteiger partial charge in [0.05, 0.1) is 17.8 Å². The summed E-state index contributed by atoms with van der Waals surface area (Å²) in [6.45, 7) is -0.0907. The van der Waals surface area contributed by atoms with Crippen LogP contribution in [0.5, 0.6) is 0 Å². The van der Waals surface area contributed by atoms with Crippen molar-refractivity contribution in [3.8, 4) is 5.69 Å². The van der Waals surface area contributed by atoms with Crippen molar-refractivity contribution < 1.29 is 12.8 Å². The number of halogens is 1. The van der Waals surface area contributed by atoms with E-state index >= 15 is 0 Å². The van der Waals surface area contributed by atoms with E-state index in [2.05, 4.69) is 9.97 Å². The van der Waals surface area contributed by atoms with E-state index in [1.165, 1.54) is 57.7 Å². The smallest absolute Gasteiger partial charge is 0.328 e. The molecule has 0 spiro atoms. The molecule has 12 heteroatoms. The Balaban J connectivity index is 1.60. The van der Waals surface area contributed by atoms with E-state index in [1.54, 1.807) is 13.1 Å². The summed E-state index contributed by atoms with van der Waals surface area (Å²) in [5.74, 6) is -0.853. The fourth-order valence-electron chi connectivity index (χ4n) is 3.44. The molecule has 0 saturated heterocycles. The monoisotopic (exact) mass is 446 g/mol. The molecule has 0 bridgehead atoms. The van der Waals surface area contributed by atoms with Crippen LogP contribution >= 0.6 is 0 Å². The van der Waals surface area contributed by atoms with Crippen molar-refractivity contribution in [2.45, 2.75) is 18.1 Å². The third-order valence-electron chi connectivity index (χ3n) is 4.97. The summed E-state index contributed by atoms with van der Waals surface area (Å²) in [6.07, 6.45) is 4.19. The van der Waals surface area contributed by atoms with Crippen LogP contribution < -0.4 is 11.2 Å². The Kier molecular flexibility index (Phi) is 5.09. The maximum Gasteiger partial charge on any atom is 0.332 e. The lowest BCUT2D eigenvalue weighted by Crippen LogP contribution is -2.40. The molecular formula is C19H19FN6O4S. The molecule has 4 aromatic rings. The Morgan fingerprint density at radius 2 is 1.90 bits per heavy atom. The van der Waals surface area contributed by atoms with Gasteiger partial charge in [0.25, 0.3) is 5.56 Å². The highest BCUT2D eigenvalue weighted by Crippen LogP contribution is 2.17. The van der Waals surface area contributed by atoms with Gasteiger partial charge >= 0.3 is 5.69 Å². The van der Waals surface area contributed by atoms with Crippen molar-refractivity contribution in [2.24, 2.45) is 14.1 Å². The Hall–Kier alpha value is -3.54. The largest absolute Gasteiger partial charge is 0.332 e. The van der Waals surface area contributed by atoms with Crippen LogP contribution in [-0.4, -0.2) is 42.4 Å². The van der Waals surface area contributed by atoms with E-state index in [4.69, 9.17) is 0 Å². The molecule has 1 aromatic carbocycles. The molecule has 4 rings (SSSR count). The van der Waals surface area contributed by atoms with Crippen LogP contribution in [0.3, 0.4) is 0 Å². The topological polar surface area (TPSA) is 114 Å². The van der Waals surface area contributed by atoms with Crippen molar-refractivity contribution in [1.29, 1.82) is 0 Å². The molecule has 0 aliphatic heterocycles. The van der Waals surface area contributed by atoms with E-state index < -0.39 is 26.9 Å². The first-order valence-corrected chi connectivity index (χ1v) is 11.0. The van der Waals surface area contributed by atoms with Crippen molar-refractivity contribution in [1.82, 2.24) is 28.2 Å². The first kappa shape index (κ1) is 20.7. The lowest BCUT2D eigenvalue weighted by Gasteiger charge is -2.10. The van der Waals surface area contributed by atoms with Crippen LogP contribution in [0.1, 0.15) is 6.42 Å². The minimum atomic E-state index is -3.87. The van der Waals surface area contributed by atoms with Crippen LogP contribution in [-0.2, 0) is 30.5 Å². The molecule has 162 valence electrons. The van der Waals surface area contributed by atoms with Crippen LogP contribution in [0.25, 0.3) is 16.9 Å². The summed E-state index contributed by atoms with van der Waals surface area (Å²) >= 11 is 0. The molecule has 3 heterocycles. The fraction of sp³-hybridized carbons (Fsp3) is 0.263. The van der Waals surface area contributed by atoms with E-state index in [-0.39, 0.29) is 35.0 Å². The third-order valence-corrected chi connectivity index (χ3v) is 6.65. The number of fused-ring (bicyclic) bond motifs is 1. The highest BCUT2D eigenvalue weighted by atomic mass is 32.2. The van der Waals surface area contributed by atoms with Crippen LogP contribution in [0.4, 0.5) is 4.39 Å². The second-order valence-corrected chi connectivity index (χ2v) is 9.06. The molecule has 0 radical (unpaired) electrons. The van der Waals surface area contributed by atoms with Gasteiger partial charge in [-0.25, -0.2) is 27.6 Å². The average Bonchev–Trinajstić information content (AvgIpc) is 3.36. The summed E-state index contributed by atoms with van der Waals surface area (Å²) in [4.78, 5) is 33.2. The maximum absolute atomic E-state index is 13.5. The molecule has 0 fully saturated rings. The fourth-order valence-corrected chi connectivity index (χ4v) is 4.82. The Labute approximate surface area is 175 Å². The number of aromatic nitrogens is 6. The van der Waals surface area contributed by atoms with Gasteiger partial charge < -0.3 is 4.57 Å². The van der Waals surface area contributed by atoms with Crippen LogP contribution in [0.15, 0.2) is 57.7 Å². The zero-order chi connectivity index (χ0) is 22.3. The van der Waals surface area contributed by atoms with Crippen LogP contribution in [0, 0.1) is 5.82 Å². The summed E-state index contributed by atoms with van der Waals surface area (Å²) in [5.41, 5.74) is -0.264. The standard InChI is InChI=1S/C19H19FN6O4S/c1-23-12-22-16-15(23)17(27)26(19(28)24(16)2)8-4-10-31(29,30)18-21-7-9-25(18)14-6-3-5-13(20)11-14/h3,5-7,9,11-12H,4,8,10H2,1-2H3. The average molecular weight is 446 g/mol. The van der Waals surface area contributed by atoms with Gasteiger partial charge in [-0.2, -0.15) is 0 Å². The highest BCUT2D eigenvalue weighted by molar-refractivity contribution is 7.91. The molecule has 0 saturated carbocycles. The van der Waals surface area contributed by atoms with Crippen LogP contribution in [0.2, 0.25) is 0 Å². The predicted molar refractivity (Wildman–Crippen MR) is 110 cm³/mol. The molecule has 0 aliphatic rings. The Bertz CT molecular complexity index is 1510. The van der Waals surface area contributed by atoms with E-state index in [9.17, 15) is 22.4 Å². The SMILES string of the molecule is Cn1cnc2c1c(=O)n(CCCS(=O)(=O)c1nccn1-c1cccc(F)c1)c(=O)n2C. The van der Waals surface area contributed by atoms with Crippen molar-refractivity contribution >= 4 is 21.0 Å². The number of aryl methyl sites for hydroxylation is 2. The summed E-state index contributed by atoms with van der Waals surface area (Å²) in [5, 5.41) is -0.236. The zero-order valence-corrected chi connectivity index (χ0v) is 17.6. The molecule has 31 heavy (non-hydrogen) atoms. The Morgan fingerprint density at radius 3 is 2.65 bits per heavy atom. The van der Waals surface area contributed by atoms with Crippen molar-refractivity contribution in [2.75, 3.05) is 5.75 Å². The second kappa shape index (κ2) is 7.61. The number of nitrogens with zero attached hydrogens (tertiary/aromatic N) is 6. The summed E-state index contributed by atoms with van der Waals surface area (Å²) < 4.78 is 44.3. The van der Waals surface area contributed by atoms with Gasteiger partial charge in [-0.3, -0.25) is 18.5 Å². The number of rotatable bonds is 6. The summed E-state index contributed by atoms with van der Waals surface area (Å²) in [6, 6.07) is 5.49. The number of sulfone groups is 1. The maximum atomic E-state index is 13.5. The molecule has 0 amide bonds. The Morgan fingerprint density at radius 1 is 1.13 bits per heavy atom. The number of hydrogen-bond donors (Lipinski definition) is 0. The molecule has 0 aliphatic carbocycles. The number of hydrogen-bond acceptors (Lipinski definition) is 6. The molecular weight excluding hydrogens is 427 g/mol. The van der Waals surface area contributed by atoms with Gasteiger partial charge in [0.15, 0.2) is 11.2 Å². The molecule has 0 atom stereocenters. The lowest BCUT2D eigenvalue weighted by atomic mass is 10.3. The normalized spacial score (nSPS) is 12.0. The molecule has 10 nitrogen and oxygen atoms in total. The third kappa shape index (κ3) is 3.58. The molecule has 0 unspecified atom stereocenters. The number of imidazole rings is 2. The first-order valence-electron chi connectivity index (χ1n) is 9.33. The molecule has 0 N–H and O–H groups in total. The second-order valence-electron chi connectivity index (χ2n) is 7.06. The minimum absolute atomic E-state index is 0.0108. The lowest BCUT2D eigenvalue weighted by molar-refractivity contribution is 0.562. The summed E-state index contributed by atoms with van der Waals surface area (Å²) in [7, 11) is -0.726. The number of benzene rings is 1. The molecule has 3 aromatic heterocycles. The van der Waals surface area contributed by atoms with Crippen molar-refractivity contribution in [3.63, 3.8) is 0 Å². The van der Waals surface area contributed by atoms with Gasteiger partial charge in [-0.1, -0.05) is 6.07 Å². The van der Waals surface area contributed by atoms with Crippen molar-refractivity contribution in [3.05, 3.63) is 69.6 Å². The van der Waals surface area contributed by atoms with E-state index in [0.717, 1.165) is 4.57 Å². The quantitative estimate of drug-likeness (QED) is 0.429. The van der Waals surface area contributed by atoms with E-state index in [0.29, 0.717) is 5.69 Å².